The molecule has 0 spiro atoms. The Morgan fingerprint density at radius 3 is 2.47 bits per heavy atom. The van der Waals surface area contributed by atoms with Crippen molar-refractivity contribution < 1.29 is 24.5 Å². The molecule has 0 amide bonds. The molecule has 2 atom stereocenters. The van der Waals surface area contributed by atoms with Crippen LogP contribution in [0.2, 0.25) is 0 Å². The second-order valence-corrected chi connectivity index (χ2v) is 13.8. The summed E-state index contributed by atoms with van der Waals surface area (Å²) < 4.78 is 12.7. The maximum absolute atomic E-state index is 12.8. The van der Waals surface area contributed by atoms with Crippen LogP contribution in [0.4, 0.5) is 5.69 Å². The summed E-state index contributed by atoms with van der Waals surface area (Å²) in [6, 6.07) is 16.6. The van der Waals surface area contributed by atoms with Crippen LogP contribution in [0.1, 0.15) is 88.1 Å². The number of carbonyl (C=O) groups is 1. The first-order chi connectivity index (χ1) is 20.3. The van der Waals surface area contributed by atoms with Crippen LogP contribution >= 0.6 is 0 Å². The third-order valence-electron chi connectivity index (χ3n) is 8.70. The number of nitrogens with zero attached hydrogens (tertiary/aromatic N) is 2. The number of aromatic nitrogens is 1. The van der Waals surface area contributed by atoms with Gasteiger partial charge in [0.2, 0.25) is 0 Å². The highest BCUT2D eigenvalue weighted by molar-refractivity contribution is 5.88. The molecule has 0 radical (unpaired) electrons. The third-order valence-corrected chi connectivity index (χ3v) is 8.70. The number of carboxylic acids is 1. The van der Waals surface area contributed by atoms with Crippen molar-refractivity contribution >= 4 is 11.7 Å². The fourth-order valence-corrected chi connectivity index (χ4v) is 6.36. The molecule has 230 valence electrons. The van der Waals surface area contributed by atoms with Crippen LogP contribution in [0.25, 0.3) is 11.1 Å². The smallest absolute Gasteiger partial charge is 0.337 e. The van der Waals surface area contributed by atoms with Gasteiger partial charge in [-0.3, -0.25) is 4.98 Å². The normalized spacial score (nSPS) is 19.0. The molecule has 0 saturated carbocycles. The molecule has 43 heavy (non-hydrogen) atoms. The van der Waals surface area contributed by atoms with Crippen LogP contribution in [0.15, 0.2) is 48.5 Å². The van der Waals surface area contributed by atoms with Gasteiger partial charge in [-0.25, -0.2) is 4.79 Å². The molecular weight excluding hydrogens is 540 g/mol. The number of aliphatic hydroxyl groups excluding tert-OH is 1. The van der Waals surface area contributed by atoms with Crippen molar-refractivity contribution in [3.05, 3.63) is 76.6 Å². The lowest BCUT2D eigenvalue weighted by Crippen LogP contribution is -2.39. The van der Waals surface area contributed by atoms with Crippen molar-refractivity contribution in [1.29, 1.82) is 0 Å². The molecule has 0 bridgehead atoms. The Hall–Kier alpha value is -3.42. The van der Waals surface area contributed by atoms with Gasteiger partial charge in [-0.05, 0) is 87.6 Å². The number of hydrogen-bond acceptors (Lipinski definition) is 6. The molecule has 2 N–H and O–H groups in total. The van der Waals surface area contributed by atoms with E-state index in [0.717, 1.165) is 73.3 Å². The Balaban J connectivity index is 1.61. The Labute approximate surface area is 255 Å². The lowest BCUT2D eigenvalue weighted by Gasteiger charge is -2.41. The molecule has 2 aliphatic rings. The summed E-state index contributed by atoms with van der Waals surface area (Å²) in [7, 11) is 0. The first-order valence-corrected chi connectivity index (χ1v) is 15.5. The van der Waals surface area contributed by atoms with Crippen molar-refractivity contribution in [2.24, 2.45) is 5.41 Å². The average molecular weight is 587 g/mol. The van der Waals surface area contributed by atoms with Crippen LogP contribution in [-0.4, -0.2) is 46.0 Å². The van der Waals surface area contributed by atoms with E-state index in [9.17, 15) is 15.0 Å². The van der Waals surface area contributed by atoms with Gasteiger partial charge in [0.1, 0.15) is 11.9 Å². The van der Waals surface area contributed by atoms with E-state index >= 15 is 0 Å². The van der Waals surface area contributed by atoms with E-state index in [1.165, 1.54) is 5.56 Å². The summed E-state index contributed by atoms with van der Waals surface area (Å²) >= 11 is 0. The number of aliphatic hydroxyl groups is 1. The summed E-state index contributed by atoms with van der Waals surface area (Å²) in [5, 5.41) is 21.1. The van der Waals surface area contributed by atoms with Gasteiger partial charge < -0.3 is 24.6 Å². The topological polar surface area (TPSA) is 92.1 Å². The molecule has 2 aromatic carbocycles. The minimum atomic E-state index is -1.20. The van der Waals surface area contributed by atoms with Crippen LogP contribution in [-0.2, 0) is 29.0 Å². The molecular formula is C36H46N2O5. The van der Waals surface area contributed by atoms with Gasteiger partial charge in [0.15, 0.2) is 6.10 Å². The summed E-state index contributed by atoms with van der Waals surface area (Å²) in [5.74, 6) is -0.174. The number of aryl methyl sites for hydroxylation is 2. The second kappa shape index (κ2) is 12.3. The van der Waals surface area contributed by atoms with Crippen molar-refractivity contribution in [3.63, 3.8) is 0 Å². The van der Waals surface area contributed by atoms with Crippen molar-refractivity contribution in [2.75, 3.05) is 18.0 Å². The SMILES string of the molecule is Cc1nc(CO)c(-c2ccc3c(c2)CC[C@@H](Cc2ccccc2)O3)c(N2CCC(C)(C)CC2)c1C(OC(C)(C)C)C(=O)O. The van der Waals surface area contributed by atoms with Crippen molar-refractivity contribution in [3.8, 4) is 16.9 Å². The van der Waals surface area contributed by atoms with Crippen LogP contribution in [0, 0.1) is 12.3 Å². The van der Waals surface area contributed by atoms with Gasteiger partial charge >= 0.3 is 5.97 Å². The molecule has 7 nitrogen and oxygen atoms in total. The van der Waals surface area contributed by atoms with E-state index in [1.807, 2.05) is 45.9 Å². The molecule has 1 unspecified atom stereocenters. The van der Waals surface area contributed by atoms with Crippen LogP contribution in [0.3, 0.4) is 0 Å². The van der Waals surface area contributed by atoms with Crippen LogP contribution < -0.4 is 9.64 Å². The molecule has 5 rings (SSSR count). The maximum Gasteiger partial charge on any atom is 0.337 e. The number of fused-ring (bicyclic) bond motifs is 1. The number of piperidine rings is 1. The number of aliphatic carboxylic acids is 1. The average Bonchev–Trinajstić information content (AvgIpc) is 2.95. The Kier molecular flexibility index (Phi) is 8.87. The van der Waals surface area contributed by atoms with Gasteiger partial charge in [0.25, 0.3) is 0 Å². The molecule has 7 heteroatoms. The van der Waals surface area contributed by atoms with E-state index in [4.69, 9.17) is 14.5 Å². The third kappa shape index (κ3) is 7.05. The zero-order valence-electron chi connectivity index (χ0n) is 26.4. The molecule has 2 aliphatic heterocycles. The van der Waals surface area contributed by atoms with Gasteiger partial charge in [0, 0.05) is 36.3 Å². The van der Waals surface area contributed by atoms with E-state index in [0.29, 0.717) is 17.0 Å². The first kappa shape index (κ1) is 31.0. The lowest BCUT2D eigenvalue weighted by atomic mass is 9.81. The number of hydrogen-bond donors (Lipinski definition) is 2. The standard InChI is InChI=1S/C36H46N2O5/c1-23-30(33(34(40)41)43-35(2,3)4)32(38-18-16-36(5,6)17-19-38)31(28(22-39)37-23)26-13-15-29-25(21-26)12-14-27(42-29)20-24-10-8-7-9-11-24/h7-11,13,15,21,27,33,39H,12,14,16-20,22H2,1-6H3,(H,40,41)/t27-,33?/m0/s1. The number of anilines is 1. The number of rotatable bonds is 8. The molecule has 1 fully saturated rings. The van der Waals surface area contributed by atoms with Gasteiger partial charge in [0.05, 0.1) is 23.6 Å². The molecule has 1 aromatic heterocycles. The quantitative estimate of drug-likeness (QED) is 0.292. The Bertz CT molecular complexity index is 1450. The molecule has 1 saturated heterocycles. The van der Waals surface area contributed by atoms with Crippen LogP contribution in [0.5, 0.6) is 5.75 Å². The van der Waals surface area contributed by atoms with E-state index in [2.05, 4.69) is 49.1 Å². The highest BCUT2D eigenvalue weighted by Gasteiger charge is 2.37. The predicted molar refractivity (Wildman–Crippen MR) is 170 cm³/mol. The first-order valence-electron chi connectivity index (χ1n) is 15.5. The monoisotopic (exact) mass is 586 g/mol. The minimum absolute atomic E-state index is 0.111. The number of ether oxygens (including phenoxy) is 2. The van der Waals surface area contributed by atoms with E-state index < -0.39 is 17.7 Å². The zero-order valence-corrected chi connectivity index (χ0v) is 26.4. The van der Waals surface area contributed by atoms with Crippen molar-refractivity contribution in [2.45, 2.75) is 98.1 Å². The minimum Gasteiger partial charge on any atom is -0.490 e. The molecule has 3 aromatic rings. The largest absolute Gasteiger partial charge is 0.490 e. The Morgan fingerprint density at radius 2 is 1.84 bits per heavy atom. The van der Waals surface area contributed by atoms with Gasteiger partial charge in [-0.1, -0.05) is 50.2 Å². The summed E-state index contributed by atoms with van der Waals surface area (Å²) in [6.45, 7) is 13.3. The summed E-state index contributed by atoms with van der Waals surface area (Å²) in [5.41, 5.74) is 6.04. The van der Waals surface area contributed by atoms with Gasteiger partial charge in [-0.15, -0.1) is 0 Å². The molecule has 3 heterocycles. The summed E-state index contributed by atoms with van der Waals surface area (Å²) in [6.07, 6.45) is 3.50. The highest BCUT2D eigenvalue weighted by atomic mass is 16.5. The predicted octanol–water partition coefficient (Wildman–Crippen LogP) is 7.05. The summed E-state index contributed by atoms with van der Waals surface area (Å²) in [4.78, 5) is 19.9. The van der Waals surface area contributed by atoms with E-state index in [-0.39, 0.29) is 18.1 Å². The van der Waals surface area contributed by atoms with Crippen molar-refractivity contribution in [1.82, 2.24) is 4.98 Å². The fourth-order valence-electron chi connectivity index (χ4n) is 6.36. The maximum atomic E-state index is 12.8. The number of carboxylic acid groups (broad SMARTS) is 1. The fraction of sp³-hybridized carbons (Fsp3) is 0.500. The Morgan fingerprint density at radius 1 is 1.14 bits per heavy atom. The second-order valence-electron chi connectivity index (χ2n) is 13.8. The lowest BCUT2D eigenvalue weighted by molar-refractivity contribution is -0.160. The van der Waals surface area contributed by atoms with Gasteiger partial charge in [-0.2, -0.15) is 0 Å². The van der Waals surface area contributed by atoms with E-state index in [1.54, 1.807) is 0 Å². The number of pyridine rings is 1. The molecule has 0 aliphatic carbocycles. The zero-order chi connectivity index (χ0) is 30.9. The number of benzene rings is 2. The highest BCUT2D eigenvalue weighted by Crippen LogP contribution is 2.46.